The van der Waals surface area contributed by atoms with E-state index in [1.165, 1.54) is 31.3 Å². The van der Waals surface area contributed by atoms with Gasteiger partial charge in [-0.15, -0.1) is 0 Å². The standard InChI is InChI=1S/C12H14N2O5S/c1-13-11(15)8-2-4-10(5-3-8)20(18,19)14-6-9(7-14)12(16)17/h2-5,9H,6-7H2,1H3,(H,13,15)(H,16,17). The lowest BCUT2D eigenvalue weighted by atomic mass is 10.0. The molecule has 108 valence electrons. The van der Waals surface area contributed by atoms with Gasteiger partial charge in [0.15, 0.2) is 0 Å². The Morgan fingerprint density at radius 1 is 1.25 bits per heavy atom. The van der Waals surface area contributed by atoms with Gasteiger partial charge >= 0.3 is 5.97 Å². The Bertz CT molecular complexity index is 632. The Morgan fingerprint density at radius 2 is 1.80 bits per heavy atom. The van der Waals surface area contributed by atoms with E-state index in [1.807, 2.05) is 0 Å². The lowest BCUT2D eigenvalue weighted by Gasteiger charge is -2.35. The molecule has 1 saturated heterocycles. The van der Waals surface area contributed by atoms with Gasteiger partial charge in [-0.2, -0.15) is 4.31 Å². The quantitative estimate of drug-likeness (QED) is 0.798. The van der Waals surface area contributed by atoms with Crippen LogP contribution < -0.4 is 5.32 Å². The molecule has 0 aliphatic carbocycles. The van der Waals surface area contributed by atoms with Gasteiger partial charge in [-0.05, 0) is 24.3 Å². The van der Waals surface area contributed by atoms with Crippen molar-refractivity contribution in [3.05, 3.63) is 29.8 Å². The van der Waals surface area contributed by atoms with Crippen molar-refractivity contribution in [3.8, 4) is 0 Å². The highest BCUT2D eigenvalue weighted by molar-refractivity contribution is 7.89. The van der Waals surface area contributed by atoms with E-state index in [9.17, 15) is 18.0 Å². The molecule has 2 N–H and O–H groups in total. The van der Waals surface area contributed by atoms with Crippen molar-refractivity contribution in [1.82, 2.24) is 9.62 Å². The minimum Gasteiger partial charge on any atom is -0.481 e. The van der Waals surface area contributed by atoms with Crippen LogP contribution in [0.5, 0.6) is 0 Å². The molecule has 8 heteroatoms. The molecule has 0 bridgehead atoms. The molecule has 1 amide bonds. The molecule has 20 heavy (non-hydrogen) atoms. The number of hydrogen-bond donors (Lipinski definition) is 2. The molecular weight excluding hydrogens is 284 g/mol. The number of benzene rings is 1. The van der Waals surface area contributed by atoms with Crippen molar-refractivity contribution in [2.45, 2.75) is 4.90 Å². The number of nitrogens with one attached hydrogen (secondary N) is 1. The summed E-state index contributed by atoms with van der Waals surface area (Å²) in [4.78, 5) is 22.1. The van der Waals surface area contributed by atoms with Crippen molar-refractivity contribution < 1.29 is 23.1 Å². The van der Waals surface area contributed by atoms with E-state index in [0.29, 0.717) is 5.56 Å². The van der Waals surface area contributed by atoms with Gasteiger partial charge < -0.3 is 10.4 Å². The summed E-state index contributed by atoms with van der Waals surface area (Å²) in [7, 11) is -2.19. The first-order chi connectivity index (χ1) is 9.36. The molecule has 0 radical (unpaired) electrons. The summed E-state index contributed by atoms with van der Waals surface area (Å²) in [5, 5.41) is 11.2. The molecule has 1 aromatic carbocycles. The number of aliphatic carboxylic acids is 1. The Morgan fingerprint density at radius 3 is 2.25 bits per heavy atom. The molecule has 2 rings (SSSR count). The van der Waals surface area contributed by atoms with Gasteiger partial charge in [0.1, 0.15) is 0 Å². The zero-order valence-electron chi connectivity index (χ0n) is 10.7. The maximum atomic E-state index is 12.2. The van der Waals surface area contributed by atoms with E-state index < -0.39 is 21.9 Å². The van der Waals surface area contributed by atoms with Crippen LogP contribution in [0.1, 0.15) is 10.4 Å². The Hall–Kier alpha value is -1.93. The van der Waals surface area contributed by atoms with E-state index in [1.54, 1.807) is 0 Å². The first-order valence-corrected chi connectivity index (χ1v) is 7.35. The molecule has 1 fully saturated rings. The second-order valence-electron chi connectivity index (χ2n) is 4.46. The normalized spacial score (nSPS) is 16.4. The lowest BCUT2D eigenvalue weighted by molar-refractivity contribution is -0.145. The maximum absolute atomic E-state index is 12.2. The van der Waals surface area contributed by atoms with Gasteiger partial charge in [-0.25, -0.2) is 8.42 Å². The molecule has 1 aliphatic rings. The molecule has 0 atom stereocenters. The monoisotopic (exact) mass is 298 g/mol. The minimum atomic E-state index is -3.68. The van der Waals surface area contributed by atoms with E-state index in [-0.39, 0.29) is 23.9 Å². The second-order valence-corrected chi connectivity index (χ2v) is 6.40. The zero-order chi connectivity index (χ0) is 14.9. The molecular formula is C12H14N2O5S. The summed E-state index contributed by atoms with van der Waals surface area (Å²) in [6, 6.07) is 5.52. The van der Waals surface area contributed by atoms with Gasteiger partial charge in [0.05, 0.1) is 10.8 Å². The maximum Gasteiger partial charge on any atom is 0.309 e. The third kappa shape index (κ3) is 2.52. The predicted octanol–water partition coefficient (Wildman–Crippen LogP) is -0.249. The summed E-state index contributed by atoms with van der Waals surface area (Å²) in [6.07, 6.45) is 0. The van der Waals surface area contributed by atoms with Gasteiger partial charge in [0.25, 0.3) is 5.91 Å². The molecule has 1 aliphatic heterocycles. The zero-order valence-corrected chi connectivity index (χ0v) is 11.6. The van der Waals surface area contributed by atoms with Gasteiger partial charge in [0.2, 0.25) is 10.0 Å². The number of nitrogens with zero attached hydrogens (tertiary/aromatic N) is 1. The van der Waals surface area contributed by atoms with Crippen LogP contribution in [0.2, 0.25) is 0 Å². The fourth-order valence-corrected chi connectivity index (χ4v) is 3.39. The molecule has 0 aromatic heterocycles. The van der Waals surface area contributed by atoms with Crippen LogP contribution >= 0.6 is 0 Å². The third-order valence-electron chi connectivity index (χ3n) is 3.18. The van der Waals surface area contributed by atoms with E-state index in [2.05, 4.69) is 5.32 Å². The van der Waals surface area contributed by atoms with Crippen LogP contribution in [0.25, 0.3) is 0 Å². The average molecular weight is 298 g/mol. The molecule has 0 unspecified atom stereocenters. The number of carbonyl (C=O) groups is 2. The fraction of sp³-hybridized carbons (Fsp3) is 0.333. The number of amides is 1. The predicted molar refractivity (Wildman–Crippen MR) is 69.7 cm³/mol. The van der Waals surface area contributed by atoms with Gasteiger partial charge in [-0.1, -0.05) is 0 Å². The van der Waals surface area contributed by atoms with Crippen LogP contribution in [0.15, 0.2) is 29.2 Å². The Balaban J connectivity index is 2.15. The molecule has 0 spiro atoms. The Kier molecular flexibility index (Phi) is 3.78. The van der Waals surface area contributed by atoms with Crippen molar-refractivity contribution >= 4 is 21.9 Å². The lowest BCUT2D eigenvalue weighted by Crippen LogP contribution is -2.52. The van der Waals surface area contributed by atoms with Gasteiger partial charge in [0, 0.05) is 25.7 Å². The topological polar surface area (TPSA) is 104 Å². The van der Waals surface area contributed by atoms with Crippen molar-refractivity contribution in [2.75, 3.05) is 20.1 Å². The highest BCUT2D eigenvalue weighted by Gasteiger charge is 2.40. The number of carbonyl (C=O) groups excluding carboxylic acids is 1. The number of carboxylic acids is 1. The highest BCUT2D eigenvalue weighted by Crippen LogP contribution is 2.25. The smallest absolute Gasteiger partial charge is 0.309 e. The number of rotatable bonds is 4. The minimum absolute atomic E-state index is 0.0190. The fourth-order valence-electron chi connectivity index (χ4n) is 1.86. The molecule has 7 nitrogen and oxygen atoms in total. The summed E-state index contributed by atoms with van der Waals surface area (Å²) >= 11 is 0. The second kappa shape index (κ2) is 5.22. The summed E-state index contributed by atoms with van der Waals surface area (Å²) in [6.45, 7) is -0.0380. The van der Waals surface area contributed by atoms with Crippen LogP contribution in [0, 0.1) is 5.92 Å². The van der Waals surface area contributed by atoms with Crippen molar-refractivity contribution in [1.29, 1.82) is 0 Å². The number of sulfonamides is 1. The van der Waals surface area contributed by atoms with E-state index in [4.69, 9.17) is 5.11 Å². The van der Waals surface area contributed by atoms with Gasteiger partial charge in [-0.3, -0.25) is 9.59 Å². The van der Waals surface area contributed by atoms with Crippen molar-refractivity contribution in [3.63, 3.8) is 0 Å². The first kappa shape index (κ1) is 14.5. The van der Waals surface area contributed by atoms with Crippen LogP contribution in [0.3, 0.4) is 0 Å². The molecule has 1 aromatic rings. The third-order valence-corrected chi connectivity index (χ3v) is 5.02. The summed E-state index contributed by atoms with van der Waals surface area (Å²) in [5.41, 5.74) is 0.360. The molecule has 1 heterocycles. The van der Waals surface area contributed by atoms with E-state index in [0.717, 1.165) is 4.31 Å². The van der Waals surface area contributed by atoms with Crippen molar-refractivity contribution in [2.24, 2.45) is 5.92 Å². The van der Waals surface area contributed by atoms with Crippen LogP contribution in [-0.2, 0) is 14.8 Å². The first-order valence-electron chi connectivity index (χ1n) is 5.91. The summed E-state index contributed by atoms with van der Waals surface area (Å²) < 4.78 is 25.4. The number of carboxylic acid groups (broad SMARTS) is 1. The SMILES string of the molecule is CNC(=O)c1ccc(S(=O)(=O)N2CC(C(=O)O)C2)cc1. The number of hydrogen-bond acceptors (Lipinski definition) is 4. The van der Waals surface area contributed by atoms with Crippen LogP contribution in [-0.4, -0.2) is 49.8 Å². The average Bonchev–Trinajstić information content (AvgIpc) is 2.35. The van der Waals surface area contributed by atoms with E-state index >= 15 is 0 Å². The largest absolute Gasteiger partial charge is 0.481 e. The Labute approximate surface area is 116 Å². The summed E-state index contributed by atoms with van der Waals surface area (Å²) in [5.74, 6) is -1.94. The van der Waals surface area contributed by atoms with Crippen LogP contribution in [0.4, 0.5) is 0 Å². The highest BCUT2D eigenvalue weighted by atomic mass is 32.2. The molecule has 0 saturated carbocycles.